The van der Waals surface area contributed by atoms with Gasteiger partial charge in [0.1, 0.15) is 5.82 Å². The normalized spacial score (nSPS) is 12.7. The molecule has 0 aromatic carbocycles. The van der Waals surface area contributed by atoms with E-state index in [4.69, 9.17) is 0 Å². The molecule has 0 aliphatic rings. The Balaban J connectivity index is 1.71. The van der Waals surface area contributed by atoms with Gasteiger partial charge < -0.3 is 10.3 Å². The van der Waals surface area contributed by atoms with E-state index in [1.807, 2.05) is 12.4 Å². The van der Waals surface area contributed by atoms with Gasteiger partial charge in [-0.1, -0.05) is 13.0 Å². The van der Waals surface area contributed by atoms with Gasteiger partial charge in [0.2, 0.25) is 0 Å². The number of nitrogens with zero attached hydrogens (tertiary/aromatic N) is 2. The topological polar surface area (TPSA) is 69.4 Å². The lowest BCUT2D eigenvalue weighted by molar-refractivity contribution is 0.498. The summed E-state index contributed by atoms with van der Waals surface area (Å²) in [6.45, 7) is 2.92. The summed E-state index contributed by atoms with van der Waals surface area (Å²) in [6, 6.07) is 4.39. The number of H-pyrrole nitrogens is 2. The van der Waals surface area contributed by atoms with Crippen molar-refractivity contribution in [3.05, 3.63) is 47.5 Å². The monoisotopic (exact) mass is 287 g/mol. The minimum absolute atomic E-state index is 0.232. The largest absolute Gasteiger partial charge is 0.347 e. The molecule has 3 aromatic heterocycles. The smallest absolute Gasteiger partial charge is 0.123 e. The summed E-state index contributed by atoms with van der Waals surface area (Å²) in [6.07, 6.45) is 6.51. The molecule has 3 rings (SSSR count). The lowest BCUT2D eigenvalue weighted by Crippen LogP contribution is -2.21. The average molecular weight is 287 g/mol. The number of hydrogen-bond acceptors (Lipinski definition) is 4. The van der Waals surface area contributed by atoms with Crippen LogP contribution in [0.1, 0.15) is 30.8 Å². The molecule has 3 aromatic rings. The SMILES string of the molecule is CCC(NCc1cn[nH]c1-c1cccs1)c1ncc[nH]1. The maximum Gasteiger partial charge on any atom is 0.123 e. The van der Waals surface area contributed by atoms with E-state index < -0.39 is 0 Å². The number of nitrogens with one attached hydrogen (secondary N) is 3. The summed E-state index contributed by atoms with van der Waals surface area (Å²) < 4.78 is 0. The molecule has 0 spiro atoms. The highest BCUT2D eigenvalue weighted by Crippen LogP contribution is 2.26. The summed E-state index contributed by atoms with van der Waals surface area (Å²) >= 11 is 1.72. The quantitative estimate of drug-likeness (QED) is 0.652. The molecule has 0 bridgehead atoms. The Morgan fingerprint density at radius 2 is 2.40 bits per heavy atom. The molecular weight excluding hydrogens is 270 g/mol. The van der Waals surface area contributed by atoms with Gasteiger partial charge in [-0.3, -0.25) is 5.10 Å². The predicted octanol–water partition coefficient (Wildman–Crippen LogP) is 3.10. The highest BCUT2D eigenvalue weighted by molar-refractivity contribution is 7.13. The maximum absolute atomic E-state index is 4.32. The van der Waals surface area contributed by atoms with E-state index in [-0.39, 0.29) is 6.04 Å². The van der Waals surface area contributed by atoms with E-state index in [0.29, 0.717) is 0 Å². The van der Waals surface area contributed by atoms with E-state index in [1.165, 1.54) is 10.4 Å². The Morgan fingerprint density at radius 3 is 3.10 bits per heavy atom. The van der Waals surface area contributed by atoms with E-state index in [2.05, 4.69) is 49.9 Å². The number of rotatable bonds is 6. The third-order valence-corrected chi connectivity index (χ3v) is 4.17. The number of hydrogen-bond donors (Lipinski definition) is 3. The van der Waals surface area contributed by atoms with Crippen LogP contribution < -0.4 is 5.32 Å². The molecule has 0 aliphatic carbocycles. The molecule has 20 heavy (non-hydrogen) atoms. The van der Waals surface area contributed by atoms with Crippen molar-refractivity contribution < 1.29 is 0 Å². The summed E-state index contributed by atoms with van der Waals surface area (Å²) in [5.74, 6) is 0.980. The number of thiophene rings is 1. The van der Waals surface area contributed by atoms with Gasteiger partial charge >= 0.3 is 0 Å². The van der Waals surface area contributed by atoms with Gasteiger partial charge in [0, 0.05) is 24.5 Å². The van der Waals surface area contributed by atoms with Gasteiger partial charge in [-0.25, -0.2) is 4.98 Å². The van der Waals surface area contributed by atoms with Crippen LogP contribution in [0, 0.1) is 0 Å². The van der Waals surface area contributed by atoms with Gasteiger partial charge in [-0.15, -0.1) is 11.3 Å². The molecular formula is C14H17N5S. The third kappa shape index (κ3) is 2.66. The first kappa shape index (κ1) is 13.1. The highest BCUT2D eigenvalue weighted by Gasteiger charge is 2.13. The Bertz CT molecular complexity index is 626. The minimum Gasteiger partial charge on any atom is -0.347 e. The first-order valence-electron chi connectivity index (χ1n) is 6.67. The second-order valence-corrected chi connectivity index (χ2v) is 5.51. The molecule has 0 saturated carbocycles. The van der Waals surface area contributed by atoms with Crippen LogP contribution in [0.15, 0.2) is 36.1 Å². The Labute approximate surface area is 121 Å². The van der Waals surface area contributed by atoms with Crippen molar-refractivity contribution in [3.8, 4) is 10.6 Å². The van der Waals surface area contributed by atoms with E-state index in [0.717, 1.165) is 24.5 Å². The molecule has 0 radical (unpaired) electrons. The fourth-order valence-corrected chi connectivity index (χ4v) is 2.97. The van der Waals surface area contributed by atoms with Crippen LogP contribution in [0.2, 0.25) is 0 Å². The van der Waals surface area contributed by atoms with Crippen LogP contribution in [0.4, 0.5) is 0 Å². The standard InChI is InChI=1S/C14H17N5S/c1-2-11(14-15-5-6-16-14)17-8-10-9-18-19-13(10)12-4-3-7-20-12/h3-7,9,11,17H,2,8H2,1H3,(H,15,16)(H,18,19). The van der Waals surface area contributed by atoms with Gasteiger partial charge in [0.25, 0.3) is 0 Å². The molecule has 3 N–H and O–H groups in total. The van der Waals surface area contributed by atoms with Crippen LogP contribution in [-0.4, -0.2) is 20.2 Å². The Hall–Kier alpha value is -1.92. The summed E-state index contributed by atoms with van der Waals surface area (Å²) in [5.41, 5.74) is 2.28. The molecule has 1 atom stereocenters. The maximum atomic E-state index is 4.32. The molecule has 5 nitrogen and oxygen atoms in total. The van der Waals surface area contributed by atoms with Crippen molar-refractivity contribution in [1.29, 1.82) is 0 Å². The lowest BCUT2D eigenvalue weighted by Gasteiger charge is -2.14. The van der Waals surface area contributed by atoms with Crippen LogP contribution in [-0.2, 0) is 6.54 Å². The molecule has 3 heterocycles. The summed E-state index contributed by atoms with van der Waals surface area (Å²) in [7, 11) is 0. The van der Waals surface area contributed by atoms with Crippen molar-refractivity contribution >= 4 is 11.3 Å². The number of aromatic amines is 2. The number of imidazole rings is 1. The Kier molecular flexibility index (Phi) is 3.94. The molecule has 0 aliphatic heterocycles. The van der Waals surface area contributed by atoms with Gasteiger partial charge in [-0.2, -0.15) is 5.10 Å². The van der Waals surface area contributed by atoms with Crippen LogP contribution in [0.25, 0.3) is 10.6 Å². The predicted molar refractivity (Wildman–Crippen MR) is 80.4 cm³/mol. The second kappa shape index (κ2) is 6.02. The zero-order chi connectivity index (χ0) is 13.8. The van der Waals surface area contributed by atoms with Crippen molar-refractivity contribution in [2.45, 2.75) is 25.9 Å². The zero-order valence-corrected chi connectivity index (χ0v) is 12.1. The molecule has 0 fully saturated rings. The molecule has 0 saturated heterocycles. The fourth-order valence-electron chi connectivity index (χ4n) is 2.21. The molecule has 104 valence electrons. The van der Waals surface area contributed by atoms with E-state index >= 15 is 0 Å². The Morgan fingerprint density at radius 1 is 1.45 bits per heavy atom. The molecule has 0 amide bonds. The van der Waals surface area contributed by atoms with Gasteiger partial charge in [0.05, 0.1) is 22.8 Å². The van der Waals surface area contributed by atoms with Crippen molar-refractivity contribution in [1.82, 2.24) is 25.5 Å². The highest BCUT2D eigenvalue weighted by atomic mass is 32.1. The van der Waals surface area contributed by atoms with Gasteiger partial charge in [-0.05, 0) is 17.9 Å². The summed E-state index contributed by atoms with van der Waals surface area (Å²) in [4.78, 5) is 8.70. The third-order valence-electron chi connectivity index (χ3n) is 3.28. The van der Waals surface area contributed by atoms with E-state index in [9.17, 15) is 0 Å². The lowest BCUT2D eigenvalue weighted by atomic mass is 10.1. The fraction of sp³-hybridized carbons (Fsp3) is 0.286. The van der Waals surface area contributed by atoms with Crippen molar-refractivity contribution in [2.24, 2.45) is 0 Å². The van der Waals surface area contributed by atoms with Crippen LogP contribution in [0.3, 0.4) is 0 Å². The summed E-state index contributed by atoms with van der Waals surface area (Å²) in [5, 5.41) is 12.8. The number of aromatic nitrogens is 4. The van der Waals surface area contributed by atoms with Crippen molar-refractivity contribution in [3.63, 3.8) is 0 Å². The first-order valence-corrected chi connectivity index (χ1v) is 7.55. The average Bonchev–Trinajstić information content (AvgIpc) is 3.21. The minimum atomic E-state index is 0.232. The first-order chi connectivity index (χ1) is 9.88. The van der Waals surface area contributed by atoms with Crippen molar-refractivity contribution in [2.75, 3.05) is 0 Å². The van der Waals surface area contributed by atoms with Crippen LogP contribution >= 0.6 is 11.3 Å². The molecule has 6 heteroatoms. The molecule has 1 unspecified atom stereocenters. The zero-order valence-electron chi connectivity index (χ0n) is 11.3. The van der Waals surface area contributed by atoms with E-state index in [1.54, 1.807) is 17.5 Å². The van der Waals surface area contributed by atoms with Crippen LogP contribution in [0.5, 0.6) is 0 Å². The second-order valence-electron chi connectivity index (χ2n) is 4.56. The van der Waals surface area contributed by atoms with Gasteiger partial charge in [0.15, 0.2) is 0 Å².